The van der Waals surface area contributed by atoms with Crippen LogP contribution in [0.2, 0.25) is 0 Å². The van der Waals surface area contributed by atoms with Crippen LogP contribution >= 0.6 is 0 Å². The standard InChI is InChI=1S/C100H104N8O8/c1-5-9-13-17-21-25-29-33-45-65-69-57-71-66(46-34-30-26-22-18-14-10-6-2)73-59-75-68(48-36-32-28-24-20-16-12-8-4)76-60-74-67(47-35-31-27-23-19-15-11-7-3)72-58-70(65)86-62-88(72)112-96-98(106-82-54-42-40-52-80(82)104-96)114-90(74)64-92(76)116-100-99(107-83-55-43-44-56-84(83)108-100)115-91(75)63-89(73)113-97-95(103-79-51-39-41-53-81(79)105-97)111-87(71)61-85(69)109-93-94(110-86)102-78-50-38-37-49-77(78)101-93/h5-8,37-44,49-68H,1-4,9-36,45-48H2. The van der Waals surface area contributed by atoms with Crippen molar-refractivity contribution < 1.29 is 37.9 Å². The number of nitrogens with zero attached hydrogens (tertiary/aromatic N) is 8. The topological polar surface area (TPSA) is 177 Å². The molecule has 0 radical (unpaired) electrons. The minimum atomic E-state index is -0.383. The third-order valence-corrected chi connectivity index (χ3v) is 23.9. The number of aromatic nitrogens is 8. The smallest absolute Gasteiger partial charge is 0.284 e. The maximum absolute atomic E-state index is 7.61. The van der Waals surface area contributed by atoms with Gasteiger partial charge in [0, 0.05) is 92.4 Å². The van der Waals surface area contributed by atoms with E-state index in [-0.39, 0.29) is 70.7 Å². The number of hydrogen-bond acceptors (Lipinski definition) is 16. The Morgan fingerprint density at radius 3 is 0.500 bits per heavy atom. The van der Waals surface area contributed by atoms with Gasteiger partial charge in [-0.3, -0.25) is 0 Å². The molecule has 0 saturated carbocycles. The van der Waals surface area contributed by atoms with E-state index in [4.69, 9.17) is 77.8 Å². The second-order valence-electron chi connectivity index (χ2n) is 32.0. The van der Waals surface area contributed by atoms with Gasteiger partial charge in [-0.2, -0.15) is 0 Å². The zero-order valence-electron chi connectivity index (χ0n) is 66.8. The number of fused-ring (bicyclic) bond motifs is 8. The van der Waals surface area contributed by atoms with E-state index in [0.29, 0.717) is 116 Å². The molecule has 0 atom stereocenters. The molecule has 0 spiro atoms. The Bertz CT molecular complexity index is 4650. The molecule has 0 saturated heterocycles. The summed E-state index contributed by atoms with van der Waals surface area (Å²) in [6, 6.07) is 49.4. The predicted molar refractivity (Wildman–Crippen MR) is 460 cm³/mol. The summed E-state index contributed by atoms with van der Waals surface area (Å²) in [5.41, 5.74) is 12.7. The molecule has 0 N–H and O–H groups in total. The van der Waals surface area contributed by atoms with Gasteiger partial charge in [0.2, 0.25) is 0 Å². The SMILES string of the molecule is C=CCCCCCCCCC1c2cc3c4cc2Oc2nc5ccccc5nc2Oc2cc5c(cc21)C(CCCCCCCCC=C)c1cc2c(cc1Oc1nc6ccccc6nc1O5)Oc1nc5ccccc5nc1Oc1cc(c(cc1C2CCCCCCCCC=C)C3CCCCCCCCC=C)Oc1nc2ccccc2nc1O4. The van der Waals surface area contributed by atoms with Crippen LogP contribution in [-0.2, 0) is 0 Å². The molecule has 17 rings (SSSR count). The highest BCUT2D eigenvalue weighted by atomic mass is 16.6. The van der Waals surface area contributed by atoms with Gasteiger partial charge in [-0.15, -0.1) is 26.3 Å². The second-order valence-corrected chi connectivity index (χ2v) is 32.0. The largest absolute Gasteiger partial charge is 0.434 e. The summed E-state index contributed by atoms with van der Waals surface area (Å²) >= 11 is 0. The van der Waals surface area contributed by atoms with Crippen molar-refractivity contribution in [2.75, 3.05) is 0 Å². The van der Waals surface area contributed by atoms with Crippen LogP contribution in [0.3, 0.4) is 0 Å². The number of para-hydroxylation sites is 8. The fourth-order valence-corrected chi connectivity index (χ4v) is 17.8. The Morgan fingerprint density at radius 1 is 0.198 bits per heavy atom. The first-order valence-electron chi connectivity index (χ1n) is 43.0. The van der Waals surface area contributed by atoms with Crippen LogP contribution in [0, 0.1) is 0 Å². The lowest BCUT2D eigenvalue weighted by atomic mass is 9.76. The minimum absolute atomic E-state index is 0.188. The van der Waals surface area contributed by atoms with Crippen molar-refractivity contribution in [3.8, 4) is 93.0 Å². The van der Waals surface area contributed by atoms with Crippen molar-refractivity contribution in [1.82, 2.24) is 39.9 Å². The minimum Gasteiger partial charge on any atom is -0.434 e. The van der Waals surface area contributed by atoms with Crippen molar-refractivity contribution >= 4 is 44.1 Å². The number of rotatable bonds is 36. The molecular weight excluding hydrogens is 1440 g/mol. The maximum atomic E-state index is 7.61. The highest BCUT2D eigenvalue weighted by Crippen LogP contribution is 2.59. The quantitative estimate of drug-likeness (QED) is 0.0267. The predicted octanol–water partition coefficient (Wildman–Crippen LogP) is 29.1. The molecule has 0 unspecified atom stereocenters. The molecule has 0 fully saturated rings. The van der Waals surface area contributed by atoms with E-state index < -0.39 is 0 Å². The van der Waals surface area contributed by atoms with E-state index in [1.165, 1.54) is 0 Å². The van der Waals surface area contributed by atoms with E-state index in [0.717, 1.165) is 224 Å². The first-order chi connectivity index (χ1) is 57.3. The van der Waals surface area contributed by atoms with Gasteiger partial charge in [-0.05, 0) is 150 Å². The third kappa shape index (κ3) is 17.1. The van der Waals surface area contributed by atoms with E-state index in [1.54, 1.807) is 0 Å². The van der Waals surface area contributed by atoms with Crippen LogP contribution in [0.15, 0.2) is 196 Å². The summed E-state index contributed by atoms with van der Waals surface area (Å²) in [6.07, 6.45) is 40.5. The Morgan fingerprint density at radius 2 is 0.345 bits per heavy atom. The summed E-state index contributed by atoms with van der Waals surface area (Å²) in [4.78, 5) is 42.8. The molecule has 592 valence electrons. The summed E-state index contributed by atoms with van der Waals surface area (Å²) in [5.74, 6) is 4.33. The van der Waals surface area contributed by atoms with Gasteiger partial charge >= 0.3 is 0 Å². The van der Waals surface area contributed by atoms with Crippen molar-refractivity contribution in [3.63, 3.8) is 0 Å². The lowest BCUT2D eigenvalue weighted by Crippen LogP contribution is -2.13. The average Bonchev–Trinajstić information content (AvgIpc) is 1.48. The van der Waals surface area contributed by atoms with Crippen LogP contribution in [0.1, 0.15) is 274 Å². The summed E-state index contributed by atoms with van der Waals surface area (Å²) < 4.78 is 60.8. The first kappa shape index (κ1) is 77.1. The highest BCUT2D eigenvalue weighted by molar-refractivity contribution is 5.80. The lowest BCUT2D eigenvalue weighted by molar-refractivity contribution is 0.377. The fourth-order valence-electron chi connectivity index (χ4n) is 17.8. The van der Waals surface area contributed by atoms with E-state index >= 15 is 0 Å². The lowest BCUT2D eigenvalue weighted by Gasteiger charge is -2.30. The molecule has 116 heavy (non-hydrogen) atoms. The van der Waals surface area contributed by atoms with E-state index in [9.17, 15) is 0 Å². The maximum Gasteiger partial charge on any atom is 0.284 e. The monoisotopic (exact) mass is 1540 g/mol. The molecule has 8 bridgehead atoms. The van der Waals surface area contributed by atoms with Crippen LogP contribution in [0.4, 0.5) is 0 Å². The summed E-state index contributed by atoms with van der Waals surface area (Å²) in [6.45, 7) is 16.2. The van der Waals surface area contributed by atoms with Gasteiger partial charge in [0.25, 0.3) is 47.0 Å². The Labute approximate surface area is 680 Å². The molecule has 16 nitrogen and oxygen atoms in total. The second kappa shape index (κ2) is 36.5. The van der Waals surface area contributed by atoms with Gasteiger partial charge < -0.3 is 37.9 Å². The normalized spacial score (nSPS) is 15.7. The van der Waals surface area contributed by atoms with Gasteiger partial charge in [-0.25, -0.2) is 39.9 Å². The van der Waals surface area contributed by atoms with Crippen LogP contribution in [0.5, 0.6) is 93.0 Å². The zero-order valence-corrected chi connectivity index (χ0v) is 66.8. The van der Waals surface area contributed by atoms with Gasteiger partial charge in [0.1, 0.15) is 46.0 Å². The zero-order chi connectivity index (χ0) is 78.5. The molecule has 1 aliphatic carbocycles. The molecule has 5 aliphatic rings. The fraction of sp³-hybridized carbons (Fsp3) is 0.360. The molecule has 8 heterocycles. The molecule has 12 aromatic rings. The molecule has 8 aromatic carbocycles. The Hall–Kier alpha value is -11.5. The van der Waals surface area contributed by atoms with Crippen molar-refractivity contribution in [3.05, 3.63) is 241 Å². The van der Waals surface area contributed by atoms with Gasteiger partial charge in [0.15, 0.2) is 0 Å². The average molecular weight is 1550 g/mol. The molecule has 4 aliphatic heterocycles. The molecular formula is C100H104N8O8. The molecule has 16 heteroatoms. The van der Waals surface area contributed by atoms with E-state index in [1.807, 2.05) is 121 Å². The van der Waals surface area contributed by atoms with Crippen molar-refractivity contribution in [2.45, 2.75) is 229 Å². The Kier molecular flexibility index (Phi) is 24.3. The number of benzene rings is 8. The number of hydrogen-bond donors (Lipinski definition) is 0. The van der Waals surface area contributed by atoms with Gasteiger partial charge in [-0.1, -0.05) is 201 Å². The summed E-state index contributed by atoms with van der Waals surface area (Å²) in [7, 11) is 0. The Balaban J connectivity index is 0.987. The van der Waals surface area contributed by atoms with E-state index in [2.05, 4.69) is 74.8 Å². The highest BCUT2D eigenvalue weighted by Gasteiger charge is 2.40. The summed E-state index contributed by atoms with van der Waals surface area (Å²) in [5, 5.41) is 0. The number of ether oxygens (including phenoxy) is 8. The van der Waals surface area contributed by atoms with Crippen LogP contribution in [0.25, 0.3) is 44.1 Å². The van der Waals surface area contributed by atoms with Crippen molar-refractivity contribution in [2.24, 2.45) is 0 Å². The van der Waals surface area contributed by atoms with Crippen molar-refractivity contribution in [1.29, 1.82) is 0 Å². The van der Waals surface area contributed by atoms with Gasteiger partial charge in [0.05, 0.1) is 44.1 Å². The first-order valence-corrected chi connectivity index (χ1v) is 43.0. The third-order valence-electron chi connectivity index (χ3n) is 23.9. The number of unbranched alkanes of at least 4 members (excludes halogenated alkanes) is 24. The van der Waals surface area contributed by atoms with Crippen LogP contribution < -0.4 is 37.9 Å². The molecule has 0 amide bonds. The van der Waals surface area contributed by atoms with Crippen LogP contribution in [-0.4, -0.2) is 39.9 Å². The molecule has 4 aromatic heterocycles. The number of allylic oxidation sites excluding steroid dienone is 4.